The Bertz CT molecular complexity index is 369. The van der Waals surface area contributed by atoms with E-state index in [1.807, 2.05) is 0 Å². The zero-order valence-corrected chi connectivity index (χ0v) is 9.56. The number of nitrogens with one attached hydrogen (secondary N) is 1. The predicted octanol–water partition coefficient (Wildman–Crippen LogP) is 1.02. The van der Waals surface area contributed by atoms with Crippen molar-refractivity contribution in [3.05, 3.63) is 28.9 Å². The Balaban J connectivity index is 1.68. The summed E-state index contributed by atoms with van der Waals surface area (Å²) < 4.78 is 1.64. The van der Waals surface area contributed by atoms with Crippen LogP contribution in [0.5, 0.6) is 0 Å². The minimum absolute atomic E-state index is 0.0256. The van der Waals surface area contributed by atoms with Gasteiger partial charge < -0.3 is 5.32 Å². The average Bonchev–Trinajstić information content (AvgIpc) is 2.79. The molecule has 2 rings (SSSR count). The molecule has 0 aromatic carbocycles. The highest BCUT2D eigenvalue weighted by Gasteiger charge is 2.13. The number of aromatic nitrogens is 2. The van der Waals surface area contributed by atoms with E-state index in [-0.39, 0.29) is 5.56 Å². The van der Waals surface area contributed by atoms with Crippen LogP contribution in [0.4, 0.5) is 0 Å². The van der Waals surface area contributed by atoms with Gasteiger partial charge >= 0.3 is 0 Å². The minimum Gasteiger partial charge on any atom is -0.315 e. The first-order valence-corrected chi connectivity index (χ1v) is 6.07. The molecule has 0 radical (unpaired) electrons. The van der Waals surface area contributed by atoms with Crippen molar-refractivity contribution in [1.29, 1.82) is 0 Å². The summed E-state index contributed by atoms with van der Waals surface area (Å²) in [4.78, 5) is 15.3. The molecule has 16 heavy (non-hydrogen) atoms. The van der Waals surface area contributed by atoms with Crippen LogP contribution in [-0.2, 0) is 6.54 Å². The Hall–Kier alpha value is -1.16. The molecular formula is C12H19N3O. The van der Waals surface area contributed by atoms with E-state index >= 15 is 0 Å². The third-order valence-electron chi connectivity index (χ3n) is 3.23. The van der Waals surface area contributed by atoms with Crippen LogP contribution >= 0.6 is 0 Å². The Morgan fingerprint density at radius 2 is 2.25 bits per heavy atom. The van der Waals surface area contributed by atoms with Gasteiger partial charge in [0.15, 0.2) is 0 Å². The predicted molar refractivity (Wildman–Crippen MR) is 63.3 cm³/mol. The summed E-state index contributed by atoms with van der Waals surface area (Å²) in [5.74, 6) is 0.852. The average molecular weight is 221 g/mol. The van der Waals surface area contributed by atoms with E-state index in [9.17, 15) is 4.79 Å². The van der Waals surface area contributed by atoms with Crippen LogP contribution < -0.4 is 10.9 Å². The van der Waals surface area contributed by atoms with Crippen molar-refractivity contribution in [1.82, 2.24) is 14.9 Å². The summed E-state index contributed by atoms with van der Waals surface area (Å²) in [5.41, 5.74) is 0.0256. The lowest BCUT2D eigenvalue weighted by atomic mass is 10.1. The van der Waals surface area contributed by atoms with Gasteiger partial charge in [0.2, 0.25) is 0 Å². The van der Waals surface area contributed by atoms with Crippen molar-refractivity contribution in [3.8, 4) is 0 Å². The van der Waals surface area contributed by atoms with Crippen LogP contribution in [0.1, 0.15) is 25.7 Å². The zero-order valence-electron chi connectivity index (χ0n) is 9.56. The number of hydrogen-bond acceptors (Lipinski definition) is 3. The second-order valence-electron chi connectivity index (χ2n) is 4.47. The summed E-state index contributed by atoms with van der Waals surface area (Å²) in [7, 11) is 0. The van der Waals surface area contributed by atoms with E-state index in [4.69, 9.17) is 0 Å². The van der Waals surface area contributed by atoms with Gasteiger partial charge in [-0.3, -0.25) is 9.36 Å². The maximum Gasteiger partial charge on any atom is 0.253 e. The Morgan fingerprint density at radius 3 is 3.00 bits per heavy atom. The van der Waals surface area contributed by atoms with Crippen molar-refractivity contribution in [2.45, 2.75) is 32.2 Å². The van der Waals surface area contributed by atoms with Crippen LogP contribution in [0.15, 0.2) is 23.4 Å². The first-order chi connectivity index (χ1) is 7.86. The molecule has 1 saturated carbocycles. The lowest BCUT2D eigenvalue weighted by Gasteiger charge is -2.10. The van der Waals surface area contributed by atoms with Gasteiger partial charge in [-0.1, -0.05) is 12.8 Å². The van der Waals surface area contributed by atoms with Gasteiger partial charge in [-0.25, -0.2) is 4.98 Å². The van der Waals surface area contributed by atoms with E-state index in [0.717, 1.165) is 19.0 Å². The first-order valence-electron chi connectivity index (χ1n) is 6.07. The molecule has 1 aliphatic carbocycles. The molecule has 0 unspecified atom stereocenters. The second kappa shape index (κ2) is 5.80. The molecule has 1 N–H and O–H groups in total. The molecule has 1 aliphatic rings. The fourth-order valence-corrected chi connectivity index (χ4v) is 2.27. The fourth-order valence-electron chi connectivity index (χ4n) is 2.27. The number of nitrogens with zero attached hydrogens (tertiary/aromatic N) is 2. The monoisotopic (exact) mass is 221 g/mol. The van der Waals surface area contributed by atoms with E-state index in [1.165, 1.54) is 37.9 Å². The largest absolute Gasteiger partial charge is 0.315 e. The Labute approximate surface area is 95.7 Å². The third kappa shape index (κ3) is 3.17. The van der Waals surface area contributed by atoms with Crippen molar-refractivity contribution >= 4 is 0 Å². The lowest BCUT2D eigenvalue weighted by Crippen LogP contribution is -2.29. The third-order valence-corrected chi connectivity index (χ3v) is 3.23. The topological polar surface area (TPSA) is 46.9 Å². The molecule has 1 fully saturated rings. The second-order valence-corrected chi connectivity index (χ2v) is 4.47. The van der Waals surface area contributed by atoms with Crippen molar-refractivity contribution in [2.75, 3.05) is 13.1 Å². The summed E-state index contributed by atoms with van der Waals surface area (Å²) in [6.45, 7) is 2.65. The minimum atomic E-state index is 0.0256. The molecule has 0 amide bonds. The Kier molecular flexibility index (Phi) is 4.10. The molecule has 0 bridgehead atoms. The van der Waals surface area contributed by atoms with Crippen LogP contribution in [-0.4, -0.2) is 22.6 Å². The number of hydrogen-bond donors (Lipinski definition) is 1. The molecule has 0 aliphatic heterocycles. The highest BCUT2D eigenvalue weighted by Crippen LogP contribution is 2.23. The van der Waals surface area contributed by atoms with Gasteiger partial charge in [0.25, 0.3) is 5.56 Å². The molecule has 4 nitrogen and oxygen atoms in total. The quantitative estimate of drug-likeness (QED) is 0.755. The maximum atomic E-state index is 11.4. The molecule has 0 atom stereocenters. The van der Waals surface area contributed by atoms with E-state index in [0.29, 0.717) is 6.54 Å². The summed E-state index contributed by atoms with van der Waals surface area (Å²) in [6.07, 6.45) is 8.62. The highest BCUT2D eigenvalue weighted by molar-refractivity contribution is 4.82. The molecule has 0 spiro atoms. The van der Waals surface area contributed by atoms with Crippen molar-refractivity contribution < 1.29 is 0 Å². The van der Waals surface area contributed by atoms with E-state index < -0.39 is 0 Å². The molecule has 88 valence electrons. The maximum absolute atomic E-state index is 11.4. The lowest BCUT2D eigenvalue weighted by molar-refractivity contribution is 0.473. The summed E-state index contributed by atoms with van der Waals surface area (Å²) >= 11 is 0. The van der Waals surface area contributed by atoms with E-state index in [2.05, 4.69) is 10.3 Å². The van der Waals surface area contributed by atoms with Gasteiger partial charge in [0.1, 0.15) is 0 Å². The first kappa shape index (κ1) is 11.3. The van der Waals surface area contributed by atoms with Gasteiger partial charge in [0, 0.05) is 25.4 Å². The smallest absolute Gasteiger partial charge is 0.253 e. The highest BCUT2D eigenvalue weighted by atomic mass is 16.1. The normalized spacial score (nSPS) is 16.8. The van der Waals surface area contributed by atoms with Crippen LogP contribution in [0, 0.1) is 5.92 Å². The molecule has 1 aromatic heterocycles. The van der Waals surface area contributed by atoms with Crippen LogP contribution in [0.25, 0.3) is 0 Å². The Morgan fingerprint density at radius 1 is 1.44 bits per heavy atom. The molecule has 0 saturated heterocycles. The van der Waals surface area contributed by atoms with Crippen molar-refractivity contribution in [2.24, 2.45) is 5.92 Å². The van der Waals surface area contributed by atoms with Gasteiger partial charge in [-0.15, -0.1) is 0 Å². The van der Waals surface area contributed by atoms with Crippen LogP contribution in [0.2, 0.25) is 0 Å². The fraction of sp³-hybridized carbons (Fsp3) is 0.667. The molecular weight excluding hydrogens is 202 g/mol. The molecule has 1 heterocycles. The standard InChI is InChI=1S/C12H19N3O/c16-12-5-6-14-10-15(12)8-7-13-9-11-3-1-2-4-11/h5-6,10-11,13H,1-4,7-9H2. The van der Waals surface area contributed by atoms with Gasteiger partial charge in [-0.05, 0) is 25.3 Å². The van der Waals surface area contributed by atoms with Crippen LogP contribution in [0.3, 0.4) is 0 Å². The number of rotatable bonds is 5. The van der Waals surface area contributed by atoms with Gasteiger partial charge in [0.05, 0.1) is 6.33 Å². The molecule has 4 heteroatoms. The van der Waals surface area contributed by atoms with E-state index in [1.54, 1.807) is 10.9 Å². The van der Waals surface area contributed by atoms with Gasteiger partial charge in [-0.2, -0.15) is 0 Å². The van der Waals surface area contributed by atoms with Crippen molar-refractivity contribution in [3.63, 3.8) is 0 Å². The summed E-state index contributed by atoms with van der Waals surface area (Å²) in [5, 5.41) is 3.42. The summed E-state index contributed by atoms with van der Waals surface area (Å²) in [6, 6.07) is 1.50. The SMILES string of the molecule is O=c1ccncn1CCNCC1CCCC1. The zero-order chi connectivity index (χ0) is 11.2. The molecule has 1 aromatic rings.